The van der Waals surface area contributed by atoms with Crippen molar-refractivity contribution in [2.75, 3.05) is 20.1 Å². The van der Waals surface area contributed by atoms with Gasteiger partial charge in [-0.15, -0.1) is 0 Å². The highest BCUT2D eigenvalue weighted by Gasteiger charge is 2.37. The molecule has 3 aliphatic rings. The molecule has 1 saturated carbocycles. The fraction of sp³-hybridized carbons (Fsp3) is 1.00. The van der Waals surface area contributed by atoms with Crippen molar-refractivity contribution in [1.82, 2.24) is 9.80 Å². The fourth-order valence-corrected chi connectivity index (χ4v) is 4.41. The summed E-state index contributed by atoms with van der Waals surface area (Å²) >= 11 is 0. The minimum Gasteiger partial charge on any atom is -0.326 e. The summed E-state index contributed by atoms with van der Waals surface area (Å²) in [4.78, 5) is 5.39. The van der Waals surface area contributed by atoms with Crippen LogP contribution in [0.4, 0.5) is 0 Å². The van der Waals surface area contributed by atoms with Crippen molar-refractivity contribution in [3.63, 3.8) is 0 Å². The second-order valence-electron chi connectivity index (χ2n) is 6.70. The van der Waals surface area contributed by atoms with Crippen molar-refractivity contribution in [1.29, 1.82) is 0 Å². The molecule has 4 unspecified atom stereocenters. The average Bonchev–Trinajstić information content (AvgIpc) is 2.51. The number of nitrogens with two attached hydrogens (primary N) is 1. The zero-order valence-corrected chi connectivity index (χ0v) is 11.9. The van der Waals surface area contributed by atoms with Crippen molar-refractivity contribution in [3.05, 3.63) is 0 Å². The van der Waals surface area contributed by atoms with Gasteiger partial charge in [-0.2, -0.15) is 0 Å². The minimum absolute atomic E-state index is 0.425. The molecule has 0 aromatic rings. The van der Waals surface area contributed by atoms with Crippen LogP contribution in [0.5, 0.6) is 0 Å². The topological polar surface area (TPSA) is 32.5 Å². The number of fused-ring (bicyclic) bond motifs is 2. The lowest BCUT2D eigenvalue weighted by atomic mass is 9.99. The van der Waals surface area contributed by atoms with Gasteiger partial charge >= 0.3 is 0 Å². The minimum atomic E-state index is 0.425. The maximum absolute atomic E-state index is 6.44. The molecule has 0 aromatic carbocycles. The lowest BCUT2D eigenvalue weighted by molar-refractivity contribution is 0.145. The van der Waals surface area contributed by atoms with Crippen molar-refractivity contribution in [3.8, 4) is 0 Å². The van der Waals surface area contributed by atoms with Crippen LogP contribution in [-0.4, -0.2) is 54.1 Å². The van der Waals surface area contributed by atoms with E-state index < -0.39 is 0 Å². The van der Waals surface area contributed by atoms with Crippen LogP contribution in [0.3, 0.4) is 0 Å². The van der Waals surface area contributed by atoms with Gasteiger partial charge in [-0.05, 0) is 39.2 Å². The zero-order chi connectivity index (χ0) is 12.5. The summed E-state index contributed by atoms with van der Waals surface area (Å²) in [6.45, 7) is 2.55. The standard InChI is InChI=1S/C15H29N3/c1-17-12-7-8-13(17)11-18(10-9-12)15-6-4-2-3-5-14(15)16/h12-15H,2-11,16H2,1H3. The molecule has 104 valence electrons. The molecule has 2 heterocycles. The lowest BCUT2D eigenvalue weighted by Crippen LogP contribution is -2.50. The molecule has 4 atom stereocenters. The summed E-state index contributed by atoms with van der Waals surface area (Å²) in [5, 5.41) is 0. The number of likely N-dealkylation sites (N-methyl/N-ethyl adjacent to an activating group) is 1. The third kappa shape index (κ3) is 2.45. The van der Waals surface area contributed by atoms with Gasteiger partial charge in [-0.3, -0.25) is 9.80 Å². The van der Waals surface area contributed by atoms with Crippen molar-refractivity contribution in [2.24, 2.45) is 5.73 Å². The van der Waals surface area contributed by atoms with Gasteiger partial charge in [-0.1, -0.05) is 19.3 Å². The number of hydrogen-bond donors (Lipinski definition) is 1. The van der Waals surface area contributed by atoms with E-state index in [1.807, 2.05) is 0 Å². The Morgan fingerprint density at radius 2 is 1.67 bits per heavy atom. The van der Waals surface area contributed by atoms with Crippen LogP contribution in [0.25, 0.3) is 0 Å². The quantitative estimate of drug-likeness (QED) is 0.722. The molecule has 1 aliphatic carbocycles. The van der Waals surface area contributed by atoms with Crippen molar-refractivity contribution >= 4 is 0 Å². The van der Waals surface area contributed by atoms with Crippen LogP contribution in [0.2, 0.25) is 0 Å². The van der Waals surface area contributed by atoms with Crippen LogP contribution < -0.4 is 5.73 Å². The second-order valence-corrected chi connectivity index (χ2v) is 6.70. The monoisotopic (exact) mass is 251 g/mol. The molecule has 3 fully saturated rings. The van der Waals surface area contributed by atoms with Crippen LogP contribution in [0.15, 0.2) is 0 Å². The Kier molecular flexibility index (Phi) is 3.92. The summed E-state index contributed by atoms with van der Waals surface area (Å²) in [5.41, 5.74) is 6.44. The molecule has 2 N–H and O–H groups in total. The highest BCUT2D eigenvalue weighted by molar-refractivity contribution is 4.95. The Balaban J connectivity index is 1.68. The average molecular weight is 251 g/mol. The normalized spacial score (nSPS) is 43.7. The predicted molar refractivity (Wildman–Crippen MR) is 75.6 cm³/mol. The molecule has 0 spiro atoms. The Labute approximate surface area is 112 Å². The molecule has 2 saturated heterocycles. The molecule has 2 bridgehead atoms. The first-order valence-corrected chi connectivity index (χ1v) is 7.97. The SMILES string of the molecule is CN1C2CCC1CN(C1CCCCCC1N)CC2. The van der Waals surface area contributed by atoms with Gasteiger partial charge in [0.15, 0.2) is 0 Å². The Bertz CT molecular complexity index is 281. The van der Waals surface area contributed by atoms with E-state index in [-0.39, 0.29) is 0 Å². The summed E-state index contributed by atoms with van der Waals surface area (Å²) in [6, 6.07) is 2.74. The molecule has 0 aromatic heterocycles. The first-order valence-electron chi connectivity index (χ1n) is 7.97. The highest BCUT2D eigenvalue weighted by atomic mass is 15.3. The van der Waals surface area contributed by atoms with E-state index >= 15 is 0 Å². The lowest BCUT2D eigenvalue weighted by Gasteiger charge is -2.36. The summed E-state index contributed by atoms with van der Waals surface area (Å²) in [7, 11) is 2.33. The Hall–Kier alpha value is -0.120. The summed E-state index contributed by atoms with van der Waals surface area (Å²) < 4.78 is 0. The maximum atomic E-state index is 6.44. The van der Waals surface area contributed by atoms with Crippen molar-refractivity contribution in [2.45, 2.75) is 75.5 Å². The third-order valence-corrected chi connectivity index (χ3v) is 5.68. The molecular weight excluding hydrogens is 222 g/mol. The molecule has 18 heavy (non-hydrogen) atoms. The van der Waals surface area contributed by atoms with Crippen LogP contribution in [0, 0.1) is 0 Å². The van der Waals surface area contributed by atoms with Gasteiger partial charge < -0.3 is 5.73 Å². The number of likely N-dealkylation sites (tertiary alicyclic amines) is 1. The second kappa shape index (κ2) is 5.48. The number of rotatable bonds is 1. The van der Waals surface area contributed by atoms with E-state index in [4.69, 9.17) is 5.73 Å². The molecule has 0 amide bonds. The molecular formula is C15H29N3. The number of nitrogens with zero attached hydrogens (tertiary/aromatic N) is 2. The van der Waals surface area contributed by atoms with Gasteiger partial charge in [0.2, 0.25) is 0 Å². The van der Waals surface area contributed by atoms with E-state index in [1.54, 1.807) is 0 Å². The number of hydrogen-bond acceptors (Lipinski definition) is 3. The van der Waals surface area contributed by atoms with E-state index in [2.05, 4.69) is 16.8 Å². The van der Waals surface area contributed by atoms with Crippen LogP contribution in [-0.2, 0) is 0 Å². The van der Waals surface area contributed by atoms with E-state index in [1.165, 1.54) is 64.5 Å². The maximum Gasteiger partial charge on any atom is 0.0247 e. The van der Waals surface area contributed by atoms with Gasteiger partial charge in [0.05, 0.1) is 0 Å². The summed E-state index contributed by atoms with van der Waals surface area (Å²) in [6.07, 6.45) is 10.9. The zero-order valence-electron chi connectivity index (χ0n) is 11.9. The molecule has 3 heteroatoms. The molecule has 3 rings (SSSR count). The molecule has 2 aliphatic heterocycles. The van der Waals surface area contributed by atoms with Gasteiger partial charge in [0.25, 0.3) is 0 Å². The third-order valence-electron chi connectivity index (χ3n) is 5.68. The van der Waals surface area contributed by atoms with Crippen LogP contribution in [0.1, 0.15) is 51.4 Å². The predicted octanol–water partition coefficient (Wildman–Crippen LogP) is 1.81. The first kappa shape index (κ1) is 12.9. The van der Waals surface area contributed by atoms with Crippen LogP contribution >= 0.6 is 0 Å². The van der Waals surface area contributed by atoms with E-state index in [0.717, 1.165) is 12.1 Å². The van der Waals surface area contributed by atoms with Gasteiger partial charge in [0, 0.05) is 37.3 Å². The fourth-order valence-electron chi connectivity index (χ4n) is 4.41. The van der Waals surface area contributed by atoms with Gasteiger partial charge in [0.1, 0.15) is 0 Å². The molecule has 3 nitrogen and oxygen atoms in total. The van der Waals surface area contributed by atoms with E-state index in [0.29, 0.717) is 12.1 Å². The van der Waals surface area contributed by atoms with Crippen molar-refractivity contribution < 1.29 is 0 Å². The summed E-state index contributed by atoms with van der Waals surface area (Å²) in [5.74, 6) is 0. The highest BCUT2D eigenvalue weighted by Crippen LogP contribution is 2.31. The molecule has 0 radical (unpaired) electrons. The smallest absolute Gasteiger partial charge is 0.0247 e. The van der Waals surface area contributed by atoms with E-state index in [9.17, 15) is 0 Å². The van der Waals surface area contributed by atoms with Gasteiger partial charge in [-0.25, -0.2) is 0 Å². The Morgan fingerprint density at radius 3 is 2.56 bits per heavy atom. The Morgan fingerprint density at radius 1 is 0.889 bits per heavy atom. The largest absolute Gasteiger partial charge is 0.326 e. The first-order chi connectivity index (χ1) is 8.75.